The predicted molar refractivity (Wildman–Crippen MR) is 87.6 cm³/mol. The second-order valence-corrected chi connectivity index (χ2v) is 5.44. The van der Waals surface area contributed by atoms with E-state index >= 15 is 0 Å². The lowest BCUT2D eigenvalue weighted by Crippen LogP contribution is -2.05. The average Bonchev–Trinajstić information content (AvgIpc) is 2.89. The molecule has 0 aliphatic rings. The van der Waals surface area contributed by atoms with E-state index in [0.717, 1.165) is 6.07 Å². The summed E-state index contributed by atoms with van der Waals surface area (Å²) in [6.45, 7) is 3.59. The molecule has 1 heterocycles. The lowest BCUT2D eigenvalue weighted by Gasteiger charge is -2.07. The van der Waals surface area contributed by atoms with Crippen molar-refractivity contribution in [1.29, 1.82) is 0 Å². The summed E-state index contributed by atoms with van der Waals surface area (Å²) in [5, 5.41) is 0.563. The lowest BCUT2D eigenvalue weighted by molar-refractivity contribution is 0.0526. The third kappa shape index (κ3) is 3.47. The fraction of sp³-hybridized carbons (Fsp3) is 0.211. The number of rotatable bonds is 5. The van der Waals surface area contributed by atoms with Crippen LogP contribution in [0.4, 0.5) is 8.78 Å². The summed E-state index contributed by atoms with van der Waals surface area (Å²) in [7, 11) is 0. The number of fused-ring (bicyclic) bond motifs is 1. The van der Waals surface area contributed by atoms with E-state index in [4.69, 9.17) is 13.9 Å². The number of halogens is 2. The smallest absolute Gasteiger partial charge is 0.342 e. The number of furan rings is 1. The standard InChI is InChI=1S/C19H16F2O4/c1-3-23-19(22)18-11(2)25-17-7-6-14(9-15(17)18)24-10-12-4-5-13(20)8-16(12)21/h4-9H,3,10H2,1-2H3. The van der Waals surface area contributed by atoms with Crippen LogP contribution in [-0.2, 0) is 11.3 Å². The van der Waals surface area contributed by atoms with Crippen molar-refractivity contribution in [3.63, 3.8) is 0 Å². The van der Waals surface area contributed by atoms with Gasteiger partial charge in [-0.2, -0.15) is 0 Å². The molecular formula is C19H16F2O4. The Morgan fingerprint density at radius 2 is 1.96 bits per heavy atom. The molecular weight excluding hydrogens is 330 g/mol. The van der Waals surface area contributed by atoms with Crippen LogP contribution in [0.1, 0.15) is 28.6 Å². The Kier molecular flexibility index (Phi) is 4.70. The summed E-state index contributed by atoms with van der Waals surface area (Å²) >= 11 is 0. The molecule has 0 aliphatic carbocycles. The molecule has 0 radical (unpaired) electrons. The largest absolute Gasteiger partial charge is 0.489 e. The predicted octanol–water partition coefficient (Wildman–Crippen LogP) is 4.78. The van der Waals surface area contributed by atoms with Gasteiger partial charge >= 0.3 is 5.97 Å². The lowest BCUT2D eigenvalue weighted by atomic mass is 10.1. The third-order valence-electron chi connectivity index (χ3n) is 3.72. The molecule has 0 bridgehead atoms. The molecule has 130 valence electrons. The molecule has 0 fully saturated rings. The summed E-state index contributed by atoms with van der Waals surface area (Å²) < 4.78 is 42.8. The van der Waals surface area contributed by atoms with Crippen molar-refractivity contribution in [3.8, 4) is 5.75 Å². The Hall–Kier alpha value is -2.89. The van der Waals surface area contributed by atoms with Gasteiger partial charge < -0.3 is 13.9 Å². The van der Waals surface area contributed by atoms with Gasteiger partial charge in [0.1, 0.15) is 40.9 Å². The average molecular weight is 346 g/mol. The van der Waals surface area contributed by atoms with Gasteiger partial charge in [0.2, 0.25) is 0 Å². The van der Waals surface area contributed by atoms with E-state index in [1.807, 2.05) is 0 Å². The number of esters is 1. The number of hydrogen-bond donors (Lipinski definition) is 0. The Bertz CT molecular complexity index is 931. The fourth-order valence-corrected chi connectivity index (χ4v) is 2.55. The van der Waals surface area contributed by atoms with Crippen LogP contribution in [0.2, 0.25) is 0 Å². The molecule has 4 nitrogen and oxygen atoms in total. The van der Waals surface area contributed by atoms with E-state index in [0.29, 0.717) is 28.0 Å². The van der Waals surface area contributed by atoms with Gasteiger partial charge in [-0.05, 0) is 44.2 Å². The highest BCUT2D eigenvalue weighted by Crippen LogP contribution is 2.30. The minimum absolute atomic E-state index is 0.0663. The molecule has 2 aromatic carbocycles. The minimum Gasteiger partial charge on any atom is -0.489 e. The van der Waals surface area contributed by atoms with E-state index in [-0.39, 0.29) is 18.8 Å². The van der Waals surface area contributed by atoms with Gasteiger partial charge in [0.05, 0.1) is 6.61 Å². The van der Waals surface area contributed by atoms with E-state index in [1.54, 1.807) is 32.0 Å². The Labute approximate surface area is 143 Å². The zero-order valence-corrected chi connectivity index (χ0v) is 13.8. The summed E-state index contributed by atoms with van der Waals surface area (Å²) in [4.78, 5) is 12.1. The monoisotopic (exact) mass is 346 g/mol. The molecule has 25 heavy (non-hydrogen) atoms. The number of carbonyl (C=O) groups is 1. The highest BCUT2D eigenvalue weighted by molar-refractivity contribution is 6.04. The van der Waals surface area contributed by atoms with Crippen LogP contribution in [0.15, 0.2) is 40.8 Å². The van der Waals surface area contributed by atoms with Gasteiger partial charge in [-0.15, -0.1) is 0 Å². The molecule has 0 unspecified atom stereocenters. The van der Waals surface area contributed by atoms with Crippen molar-refractivity contribution in [2.45, 2.75) is 20.5 Å². The molecule has 3 rings (SSSR count). The maximum Gasteiger partial charge on any atom is 0.342 e. The molecule has 0 saturated carbocycles. The van der Waals surface area contributed by atoms with E-state index in [9.17, 15) is 13.6 Å². The molecule has 3 aromatic rings. The highest BCUT2D eigenvalue weighted by Gasteiger charge is 2.20. The quantitative estimate of drug-likeness (QED) is 0.624. The van der Waals surface area contributed by atoms with Gasteiger partial charge in [-0.3, -0.25) is 0 Å². The third-order valence-corrected chi connectivity index (χ3v) is 3.72. The van der Waals surface area contributed by atoms with Crippen molar-refractivity contribution in [2.75, 3.05) is 6.61 Å². The molecule has 0 saturated heterocycles. The van der Waals surface area contributed by atoms with Crippen LogP contribution < -0.4 is 4.74 Å². The van der Waals surface area contributed by atoms with Crippen molar-refractivity contribution < 1.29 is 27.5 Å². The Morgan fingerprint density at radius 1 is 1.16 bits per heavy atom. The van der Waals surface area contributed by atoms with Gasteiger partial charge in [-0.25, -0.2) is 13.6 Å². The zero-order chi connectivity index (χ0) is 18.0. The van der Waals surface area contributed by atoms with Crippen LogP contribution in [0.5, 0.6) is 5.75 Å². The van der Waals surface area contributed by atoms with Gasteiger partial charge in [0.15, 0.2) is 0 Å². The van der Waals surface area contributed by atoms with Crippen LogP contribution >= 0.6 is 0 Å². The maximum absolute atomic E-state index is 13.7. The number of ether oxygens (including phenoxy) is 2. The Balaban J connectivity index is 1.87. The van der Waals surface area contributed by atoms with Gasteiger partial charge in [0.25, 0.3) is 0 Å². The minimum atomic E-state index is -0.674. The first-order chi connectivity index (χ1) is 12.0. The second-order valence-electron chi connectivity index (χ2n) is 5.44. The molecule has 0 atom stereocenters. The molecule has 0 spiro atoms. The highest BCUT2D eigenvalue weighted by atomic mass is 19.1. The summed E-state index contributed by atoms with van der Waals surface area (Å²) in [5.74, 6) is -0.902. The summed E-state index contributed by atoms with van der Waals surface area (Å²) in [6.07, 6.45) is 0. The second kappa shape index (κ2) is 6.93. The SMILES string of the molecule is CCOC(=O)c1c(C)oc2ccc(OCc3ccc(F)cc3F)cc12. The van der Waals surface area contributed by atoms with Crippen LogP contribution in [-0.4, -0.2) is 12.6 Å². The van der Waals surface area contributed by atoms with E-state index in [2.05, 4.69) is 0 Å². The van der Waals surface area contributed by atoms with Crippen molar-refractivity contribution in [2.24, 2.45) is 0 Å². The molecule has 1 aromatic heterocycles. The topological polar surface area (TPSA) is 48.7 Å². The van der Waals surface area contributed by atoms with Crippen molar-refractivity contribution in [3.05, 3.63) is 64.9 Å². The molecule has 0 aliphatic heterocycles. The Morgan fingerprint density at radius 3 is 2.68 bits per heavy atom. The first-order valence-electron chi connectivity index (χ1n) is 7.76. The van der Waals surface area contributed by atoms with Crippen LogP contribution in [0.25, 0.3) is 11.0 Å². The fourth-order valence-electron chi connectivity index (χ4n) is 2.55. The molecule has 0 amide bonds. The van der Waals surface area contributed by atoms with Crippen LogP contribution in [0.3, 0.4) is 0 Å². The number of aryl methyl sites for hydroxylation is 1. The van der Waals surface area contributed by atoms with Crippen molar-refractivity contribution >= 4 is 16.9 Å². The molecule has 6 heteroatoms. The van der Waals surface area contributed by atoms with Gasteiger partial charge in [0, 0.05) is 17.0 Å². The first kappa shape index (κ1) is 17.0. The number of benzene rings is 2. The van der Waals surface area contributed by atoms with Crippen LogP contribution in [0, 0.1) is 18.6 Å². The van der Waals surface area contributed by atoms with E-state index in [1.165, 1.54) is 12.1 Å². The van der Waals surface area contributed by atoms with Crippen molar-refractivity contribution in [1.82, 2.24) is 0 Å². The maximum atomic E-state index is 13.7. The normalized spacial score (nSPS) is 10.9. The summed E-state index contributed by atoms with van der Waals surface area (Å²) in [5.41, 5.74) is 1.10. The number of carbonyl (C=O) groups excluding carboxylic acids is 1. The van der Waals surface area contributed by atoms with E-state index < -0.39 is 17.6 Å². The first-order valence-corrected chi connectivity index (χ1v) is 7.76. The van der Waals surface area contributed by atoms with Gasteiger partial charge in [-0.1, -0.05) is 0 Å². The number of hydrogen-bond acceptors (Lipinski definition) is 4. The molecule has 0 N–H and O–H groups in total. The summed E-state index contributed by atoms with van der Waals surface area (Å²) in [6, 6.07) is 8.27. The zero-order valence-electron chi connectivity index (χ0n) is 13.8.